The lowest BCUT2D eigenvalue weighted by atomic mass is 9.98. The van der Waals surface area contributed by atoms with Crippen molar-refractivity contribution in [1.29, 1.82) is 0 Å². The van der Waals surface area contributed by atoms with E-state index in [0.29, 0.717) is 12.5 Å². The average Bonchev–Trinajstić information content (AvgIpc) is 3.01. The van der Waals surface area contributed by atoms with Gasteiger partial charge < -0.3 is 0 Å². The summed E-state index contributed by atoms with van der Waals surface area (Å²) in [5.74, 6) is 0.363. The van der Waals surface area contributed by atoms with E-state index in [1.165, 1.54) is 16.1 Å². The second-order valence-electron chi connectivity index (χ2n) is 6.19. The Kier molecular flexibility index (Phi) is 4.10. The molecule has 4 rings (SSSR count). The number of benzene rings is 2. The zero-order chi connectivity index (χ0) is 15.6. The quantitative estimate of drug-likeness (QED) is 0.686. The molecule has 4 heteroatoms. The number of aromatic nitrogens is 1. The number of hydrogen-bond acceptors (Lipinski definition) is 3. The van der Waals surface area contributed by atoms with Gasteiger partial charge >= 0.3 is 0 Å². The van der Waals surface area contributed by atoms with E-state index in [9.17, 15) is 4.39 Å². The number of nitrogens with zero attached hydrogens (tertiary/aromatic N) is 2. The highest BCUT2D eigenvalue weighted by Crippen LogP contribution is 2.33. The molecule has 0 unspecified atom stereocenters. The Morgan fingerprint density at radius 2 is 1.96 bits per heavy atom. The van der Waals surface area contributed by atoms with Crippen molar-refractivity contribution in [1.82, 2.24) is 9.88 Å². The zero-order valence-electron chi connectivity index (χ0n) is 12.9. The Bertz CT molecular complexity index is 781. The molecule has 1 saturated heterocycles. The maximum absolute atomic E-state index is 13.9. The number of rotatable bonds is 3. The van der Waals surface area contributed by atoms with E-state index in [-0.39, 0.29) is 5.82 Å². The summed E-state index contributed by atoms with van der Waals surface area (Å²) in [5, 5.41) is 1.23. The second kappa shape index (κ2) is 6.38. The molecule has 0 spiro atoms. The van der Waals surface area contributed by atoms with Gasteiger partial charge in [0.25, 0.3) is 0 Å². The van der Waals surface area contributed by atoms with Gasteiger partial charge in [-0.2, -0.15) is 0 Å². The fourth-order valence-corrected chi connectivity index (χ4v) is 4.43. The SMILES string of the molecule is Fc1ccccc1CN1CCC[C@@H](c2nc3ccccc3s2)C1. The number of para-hydroxylation sites is 1. The molecular weight excluding hydrogens is 307 g/mol. The number of thiazole rings is 1. The topological polar surface area (TPSA) is 16.1 Å². The molecule has 1 aromatic heterocycles. The van der Waals surface area contributed by atoms with Gasteiger partial charge in [0.1, 0.15) is 5.82 Å². The first-order chi connectivity index (χ1) is 11.3. The molecule has 2 aromatic carbocycles. The van der Waals surface area contributed by atoms with Crippen molar-refractivity contribution in [2.45, 2.75) is 25.3 Å². The van der Waals surface area contributed by atoms with Crippen LogP contribution in [0.3, 0.4) is 0 Å². The van der Waals surface area contributed by atoms with Crippen LogP contribution in [0.25, 0.3) is 10.2 Å². The van der Waals surface area contributed by atoms with Crippen LogP contribution in [0.1, 0.15) is 29.3 Å². The summed E-state index contributed by atoms with van der Waals surface area (Å²) >= 11 is 1.80. The van der Waals surface area contributed by atoms with Crippen LogP contribution in [0.5, 0.6) is 0 Å². The number of halogens is 1. The van der Waals surface area contributed by atoms with Crippen molar-refractivity contribution in [2.24, 2.45) is 0 Å². The average molecular weight is 326 g/mol. The summed E-state index contributed by atoms with van der Waals surface area (Å²) in [5.41, 5.74) is 1.89. The molecule has 2 nitrogen and oxygen atoms in total. The molecule has 1 aliphatic rings. The van der Waals surface area contributed by atoms with Crippen molar-refractivity contribution < 1.29 is 4.39 Å². The third kappa shape index (κ3) is 3.14. The summed E-state index contributed by atoms with van der Waals surface area (Å²) in [4.78, 5) is 7.17. The van der Waals surface area contributed by atoms with Crippen LogP contribution in [0, 0.1) is 5.82 Å². The lowest BCUT2D eigenvalue weighted by Gasteiger charge is -2.31. The van der Waals surface area contributed by atoms with Crippen molar-refractivity contribution in [3.63, 3.8) is 0 Å². The van der Waals surface area contributed by atoms with E-state index < -0.39 is 0 Å². The van der Waals surface area contributed by atoms with Gasteiger partial charge in [0.05, 0.1) is 15.2 Å². The van der Waals surface area contributed by atoms with E-state index in [1.54, 1.807) is 23.5 Å². The van der Waals surface area contributed by atoms with Crippen LogP contribution in [0.15, 0.2) is 48.5 Å². The molecule has 118 valence electrons. The first kappa shape index (κ1) is 14.8. The van der Waals surface area contributed by atoms with Crippen LogP contribution in [-0.4, -0.2) is 23.0 Å². The first-order valence-electron chi connectivity index (χ1n) is 8.11. The summed E-state index contributed by atoms with van der Waals surface area (Å²) in [6.45, 7) is 2.69. The Morgan fingerprint density at radius 3 is 2.83 bits per heavy atom. The van der Waals surface area contributed by atoms with Crippen molar-refractivity contribution in [3.05, 3.63) is 64.9 Å². The van der Waals surface area contributed by atoms with Gasteiger partial charge in [0.2, 0.25) is 0 Å². The van der Waals surface area contributed by atoms with Crippen molar-refractivity contribution >= 4 is 21.6 Å². The van der Waals surface area contributed by atoms with Gasteiger partial charge in [-0.25, -0.2) is 9.37 Å². The highest BCUT2D eigenvalue weighted by molar-refractivity contribution is 7.18. The molecule has 23 heavy (non-hydrogen) atoms. The molecule has 0 saturated carbocycles. The molecule has 0 bridgehead atoms. The molecule has 2 heterocycles. The largest absolute Gasteiger partial charge is 0.298 e. The number of piperidine rings is 1. The molecule has 1 fully saturated rings. The van der Waals surface area contributed by atoms with Gasteiger partial charge in [0.15, 0.2) is 0 Å². The lowest BCUT2D eigenvalue weighted by molar-refractivity contribution is 0.198. The maximum atomic E-state index is 13.9. The van der Waals surface area contributed by atoms with Crippen LogP contribution in [-0.2, 0) is 6.54 Å². The first-order valence-corrected chi connectivity index (χ1v) is 8.92. The summed E-state index contributed by atoms with van der Waals surface area (Å²) in [7, 11) is 0. The van der Waals surface area contributed by atoms with Gasteiger partial charge in [-0.3, -0.25) is 4.90 Å². The van der Waals surface area contributed by atoms with Gasteiger partial charge in [-0.1, -0.05) is 30.3 Å². The van der Waals surface area contributed by atoms with Crippen molar-refractivity contribution in [3.8, 4) is 0 Å². The fourth-order valence-electron chi connectivity index (χ4n) is 3.33. The van der Waals surface area contributed by atoms with Crippen LogP contribution in [0.4, 0.5) is 4.39 Å². The summed E-state index contributed by atoms with van der Waals surface area (Å²) in [6, 6.07) is 15.4. The molecule has 1 aliphatic heterocycles. The molecule has 0 amide bonds. The summed E-state index contributed by atoms with van der Waals surface area (Å²) in [6.07, 6.45) is 2.32. The third-order valence-corrected chi connectivity index (χ3v) is 5.72. The predicted octanol–water partition coefficient (Wildman–Crippen LogP) is 4.82. The van der Waals surface area contributed by atoms with E-state index in [2.05, 4.69) is 23.1 Å². The van der Waals surface area contributed by atoms with Gasteiger partial charge in [-0.05, 0) is 37.6 Å². The minimum atomic E-state index is -0.102. The molecule has 0 radical (unpaired) electrons. The van der Waals surface area contributed by atoms with Crippen LogP contribution < -0.4 is 0 Å². The normalized spacial score (nSPS) is 19.3. The zero-order valence-corrected chi connectivity index (χ0v) is 13.7. The number of fused-ring (bicyclic) bond motifs is 1. The van der Waals surface area contributed by atoms with E-state index in [0.717, 1.165) is 30.6 Å². The van der Waals surface area contributed by atoms with Crippen LogP contribution in [0.2, 0.25) is 0 Å². The van der Waals surface area contributed by atoms with Crippen molar-refractivity contribution in [2.75, 3.05) is 13.1 Å². The van der Waals surface area contributed by atoms with E-state index in [4.69, 9.17) is 4.98 Å². The summed E-state index contributed by atoms with van der Waals surface area (Å²) < 4.78 is 15.1. The van der Waals surface area contributed by atoms with E-state index >= 15 is 0 Å². The monoisotopic (exact) mass is 326 g/mol. The fraction of sp³-hybridized carbons (Fsp3) is 0.316. The lowest BCUT2D eigenvalue weighted by Crippen LogP contribution is -2.34. The minimum absolute atomic E-state index is 0.102. The Morgan fingerprint density at radius 1 is 1.13 bits per heavy atom. The Hall–Kier alpha value is -1.78. The molecule has 0 aliphatic carbocycles. The third-order valence-electron chi connectivity index (χ3n) is 4.52. The Balaban J connectivity index is 1.51. The minimum Gasteiger partial charge on any atom is -0.298 e. The van der Waals surface area contributed by atoms with Gasteiger partial charge in [-0.15, -0.1) is 11.3 Å². The molecule has 0 N–H and O–H groups in total. The molecule has 3 aromatic rings. The second-order valence-corrected chi connectivity index (χ2v) is 7.25. The highest BCUT2D eigenvalue weighted by Gasteiger charge is 2.24. The van der Waals surface area contributed by atoms with E-state index in [1.807, 2.05) is 18.2 Å². The number of hydrogen-bond donors (Lipinski definition) is 0. The van der Waals surface area contributed by atoms with Gasteiger partial charge in [0, 0.05) is 24.6 Å². The predicted molar refractivity (Wildman–Crippen MR) is 93.3 cm³/mol. The maximum Gasteiger partial charge on any atom is 0.127 e. The molecular formula is C19H19FN2S. The number of likely N-dealkylation sites (tertiary alicyclic amines) is 1. The Labute approximate surface area is 139 Å². The smallest absolute Gasteiger partial charge is 0.127 e. The van der Waals surface area contributed by atoms with Crippen LogP contribution >= 0.6 is 11.3 Å². The molecule has 1 atom stereocenters. The highest BCUT2D eigenvalue weighted by atomic mass is 32.1. The standard InChI is InChI=1S/C19H19FN2S/c20-16-8-2-1-6-14(16)12-22-11-5-7-15(13-22)19-21-17-9-3-4-10-18(17)23-19/h1-4,6,8-10,15H,5,7,11-13H2/t15-/m1/s1.